The van der Waals surface area contributed by atoms with Crippen LogP contribution in [-0.2, 0) is 10.3 Å². The molecule has 0 rings (SSSR count). The van der Waals surface area contributed by atoms with E-state index >= 15 is 0 Å². The van der Waals surface area contributed by atoms with Crippen LogP contribution in [0.2, 0.25) is 0 Å². The Morgan fingerprint density at radius 1 is 1.50 bits per heavy atom. The van der Waals surface area contributed by atoms with Crippen molar-refractivity contribution in [1.29, 1.82) is 0 Å². The monoisotopic (exact) mass is 142 g/mol. The lowest BCUT2D eigenvalue weighted by atomic mass is 11.3. The van der Waals surface area contributed by atoms with Gasteiger partial charge in [0.15, 0.2) is 0 Å². The van der Waals surface area contributed by atoms with Crippen molar-refractivity contribution in [3.8, 4) is 0 Å². The molecule has 0 aliphatic heterocycles. The van der Waals surface area contributed by atoms with E-state index in [1.54, 1.807) is 0 Å². The van der Waals surface area contributed by atoms with Gasteiger partial charge in [-0.15, -0.1) is 0 Å². The van der Waals surface area contributed by atoms with Gasteiger partial charge in [0.25, 0.3) is 0 Å². The molecule has 0 saturated heterocycles. The molecule has 0 aromatic heterocycles. The summed E-state index contributed by atoms with van der Waals surface area (Å²) in [5, 5.41) is 6.63. The average Bonchev–Trinajstić information content (AvgIpc) is 1.27. The van der Waals surface area contributed by atoms with Crippen LogP contribution in [0.1, 0.15) is 0 Å². The zero-order valence-corrected chi connectivity index (χ0v) is 5.57. The first-order chi connectivity index (χ1) is 3.41. The molecule has 6 heteroatoms. The summed E-state index contributed by atoms with van der Waals surface area (Å²) in [5.74, 6) is 0. The largest absolute Gasteiger partial charge is 0.330 e. The van der Waals surface area contributed by atoms with Gasteiger partial charge in [-0.25, -0.2) is 5.14 Å². The molecule has 5 nitrogen and oxygen atoms in total. The Balaban J connectivity index is 0. The van der Waals surface area contributed by atoms with Crippen LogP contribution in [0.5, 0.6) is 0 Å². The molecule has 0 aliphatic carbocycles. The van der Waals surface area contributed by atoms with Crippen molar-refractivity contribution in [2.45, 2.75) is 0 Å². The number of hydrogen-bond donors (Lipinski definition) is 3. The lowest BCUT2D eigenvalue weighted by Crippen LogP contribution is -2.08. The molecule has 4 N–H and O–H groups in total. The van der Waals surface area contributed by atoms with E-state index in [1.807, 2.05) is 14.1 Å². The van der Waals surface area contributed by atoms with Gasteiger partial charge in [0, 0.05) is 0 Å². The van der Waals surface area contributed by atoms with Crippen molar-refractivity contribution < 1.29 is 13.0 Å². The van der Waals surface area contributed by atoms with E-state index in [4.69, 9.17) is 13.0 Å². The van der Waals surface area contributed by atoms with Crippen LogP contribution in [0.3, 0.4) is 0 Å². The Hall–Kier alpha value is -0.170. The van der Waals surface area contributed by atoms with E-state index in [0.717, 1.165) is 0 Å². The van der Waals surface area contributed by atoms with Crippen LogP contribution in [0.4, 0.5) is 0 Å². The lowest BCUT2D eigenvalue weighted by Gasteiger charge is -1.70. The molecule has 0 radical (unpaired) electrons. The Morgan fingerprint density at radius 2 is 1.50 bits per heavy atom. The molecule has 52 valence electrons. The maximum Gasteiger partial charge on any atom is 0.330 e. The normalized spacial score (nSPS) is 9.50. The zero-order valence-electron chi connectivity index (χ0n) is 4.75. The Bertz CT molecular complexity index is 109. The molecular weight excluding hydrogens is 132 g/mol. The zero-order chi connectivity index (χ0) is 7.21. The molecule has 0 spiro atoms. The summed E-state index contributed by atoms with van der Waals surface area (Å²) >= 11 is 0. The van der Waals surface area contributed by atoms with Crippen molar-refractivity contribution in [1.82, 2.24) is 5.32 Å². The predicted octanol–water partition coefficient (Wildman–Crippen LogP) is -1.42. The molecule has 0 heterocycles. The van der Waals surface area contributed by atoms with E-state index in [-0.39, 0.29) is 0 Å². The van der Waals surface area contributed by atoms with Gasteiger partial charge >= 0.3 is 10.3 Å². The standard InChI is InChI=1S/C2H7N.H3NO3S/c1-3-2;1-5(2,3)4/h3H,1-2H3;(H3,1,2,3,4). The van der Waals surface area contributed by atoms with Crippen LogP contribution in [0.15, 0.2) is 0 Å². The van der Waals surface area contributed by atoms with E-state index in [9.17, 15) is 0 Å². The van der Waals surface area contributed by atoms with Crippen LogP contribution >= 0.6 is 0 Å². The molecule has 0 bridgehead atoms. The molecule has 0 unspecified atom stereocenters. The topological polar surface area (TPSA) is 92.4 Å². The number of hydrogen-bond acceptors (Lipinski definition) is 3. The highest BCUT2D eigenvalue weighted by Crippen LogP contribution is 1.50. The van der Waals surface area contributed by atoms with Crippen LogP contribution in [-0.4, -0.2) is 27.1 Å². The Labute approximate surface area is 48.8 Å². The minimum absolute atomic E-state index is 1.88. The minimum atomic E-state index is -4.17. The van der Waals surface area contributed by atoms with Gasteiger partial charge in [-0.2, -0.15) is 8.42 Å². The summed E-state index contributed by atoms with van der Waals surface area (Å²) in [6.07, 6.45) is 0. The molecular formula is C2H10N2O3S. The van der Waals surface area contributed by atoms with Crippen LogP contribution < -0.4 is 10.5 Å². The molecule has 8 heavy (non-hydrogen) atoms. The first kappa shape index (κ1) is 10.7. The number of nitrogens with one attached hydrogen (secondary N) is 1. The molecule has 0 aliphatic rings. The first-order valence-corrected chi connectivity index (χ1v) is 3.25. The second-order valence-corrected chi connectivity index (χ2v) is 2.04. The van der Waals surface area contributed by atoms with E-state index in [1.165, 1.54) is 0 Å². The summed E-state index contributed by atoms with van der Waals surface area (Å²) in [4.78, 5) is 0. The van der Waals surface area contributed by atoms with Gasteiger partial charge in [0.2, 0.25) is 0 Å². The minimum Gasteiger partial charge on any atom is -0.323 e. The summed E-state index contributed by atoms with van der Waals surface area (Å²) in [7, 11) is -0.417. The summed E-state index contributed by atoms with van der Waals surface area (Å²) in [6.45, 7) is 0. The third-order valence-corrected chi connectivity index (χ3v) is 0. The van der Waals surface area contributed by atoms with Crippen LogP contribution in [0.25, 0.3) is 0 Å². The predicted molar refractivity (Wildman–Crippen MR) is 30.7 cm³/mol. The fraction of sp³-hybridized carbons (Fsp3) is 1.00. The smallest absolute Gasteiger partial charge is 0.323 e. The van der Waals surface area contributed by atoms with Crippen molar-refractivity contribution >= 4 is 10.3 Å². The first-order valence-electron chi connectivity index (χ1n) is 1.75. The van der Waals surface area contributed by atoms with Gasteiger partial charge in [0.05, 0.1) is 0 Å². The molecule has 0 aromatic carbocycles. The highest BCUT2D eigenvalue weighted by molar-refractivity contribution is 7.83. The molecule has 0 atom stereocenters. The maximum atomic E-state index is 8.97. The van der Waals surface area contributed by atoms with E-state index in [2.05, 4.69) is 10.5 Å². The van der Waals surface area contributed by atoms with Crippen LogP contribution in [0, 0.1) is 0 Å². The van der Waals surface area contributed by atoms with Crippen molar-refractivity contribution in [3.05, 3.63) is 0 Å². The number of rotatable bonds is 0. The van der Waals surface area contributed by atoms with Gasteiger partial charge in [-0.3, -0.25) is 4.55 Å². The van der Waals surface area contributed by atoms with Gasteiger partial charge in [-0.05, 0) is 14.1 Å². The SMILES string of the molecule is CNC.NS(=O)(=O)O. The molecule has 0 saturated carbocycles. The quantitative estimate of drug-likeness (QED) is 0.362. The highest BCUT2D eigenvalue weighted by Gasteiger charge is 1.81. The lowest BCUT2D eigenvalue weighted by molar-refractivity contribution is 0.485. The summed E-state index contributed by atoms with van der Waals surface area (Å²) < 4.78 is 25.2. The number of nitrogens with two attached hydrogens (primary N) is 1. The Kier molecular flexibility index (Phi) is 6.68. The average molecular weight is 142 g/mol. The van der Waals surface area contributed by atoms with E-state index in [0.29, 0.717) is 0 Å². The summed E-state index contributed by atoms with van der Waals surface area (Å²) in [5.41, 5.74) is 0. The molecule has 0 amide bonds. The van der Waals surface area contributed by atoms with E-state index < -0.39 is 10.3 Å². The maximum absolute atomic E-state index is 8.97. The molecule has 0 fully saturated rings. The fourth-order valence-corrected chi connectivity index (χ4v) is 0. The van der Waals surface area contributed by atoms with Crippen molar-refractivity contribution in [3.63, 3.8) is 0 Å². The second kappa shape index (κ2) is 4.98. The summed E-state index contributed by atoms with van der Waals surface area (Å²) in [6, 6.07) is 0. The second-order valence-electron chi connectivity index (χ2n) is 1.01. The van der Waals surface area contributed by atoms with Crippen molar-refractivity contribution in [2.24, 2.45) is 5.14 Å². The Morgan fingerprint density at radius 3 is 1.50 bits per heavy atom. The third kappa shape index (κ3) is 4710. The molecule has 0 aromatic rings. The van der Waals surface area contributed by atoms with Gasteiger partial charge in [-0.1, -0.05) is 0 Å². The highest BCUT2D eigenvalue weighted by atomic mass is 32.2. The fourth-order valence-electron chi connectivity index (χ4n) is 0. The van der Waals surface area contributed by atoms with Gasteiger partial charge < -0.3 is 5.32 Å². The third-order valence-electron chi connectivity index (χ3n) is 0. The van der Waals surface area contributed by atoms with Crippen molar-refractivity contribution in [2.75, 3.05) is 14.1 Å². The van der Waals surface area contributed by atoms with Gasteiger partial charge in [0.1, 0.15) is 0 Å².